The molecule has 4 unspecified atom stereocenters. The Morgan fingerprint density at radius 2 is 2.50 bits per heavy atom. The van der Waals surface area contributed by atoms with Crippen molar-refractivity contribution >= 4 is 5.97 Å². The average Bonchev–Trinajstić information content (AvgIpc) is 2.54. The van der Waals surface area contributed by atoms with Crippen molar-refractivity contribution in [1.29, 1.82) is 0 Å². The second-order valence-electron chi connectivity index (χ2n) is 5.12. The summed E-state index contributed by atoms with van der Waals surface area (Å²) >= 11 is 0. The highest BCUT2D eigenvalue weighted by atomic mass is 16.5. The van der Waals surface area contributed by atoms with Crippen LogP contribution < -0.4 is 0 Å². The van der Waals surface area contributed by atoms with E-state index in [1.807, 2.05) is 0 Å². The highest BCUT2D eigenvalue weighted by molar-refractivity contribution is 5.81. The highest BCUT2D eigenvalue weighted by Crippen LogP contribution is 2.76. The Hall–Kier alpha value is -0.790. The van der Waals surface area contributed by atoms with Crippen molar-refractivity contribution in [1.82, 2.24) is 0 Å². The Balaban J connectivity index is 1.58. The van der Waals surface area contributed by atoms with Gasteiger partial charge in [-0.2, -0.15) is 0 Å². The third kappa shape index (κ3) is 0.943. The monoisotopic (exact) mass is 192 g/mol. The van der Waals surface area contributed by atoms with Crippen LogP contribution in [0.1, 0.15) is 25.7 Å². The minimum Gasteiger partial charge on any atom is -0.462 e. The smallest absolute Gasteiger partial charge is 0.330 e. The molecule has 4 atom stereocenters. The van der Waals surface area contributed by atoms with Crippen LogP contribution in [-0.4, -0.2) is 12.6 Å². The average molecular weight is 192 g/mol. The second-order valence-corrected chi connectivity index (χ2v) is 5.12. The first-order chi connectivity index (χ1) is 6.76. The van der Waals surface area contributed by atoms with Crippen molar-refractivity contribution in [3.05, 3.63) is 12.7 Å². The number of carbonyl (C=O) groups is 1. The van der Waals surface area contributed by atoms with Crippen LogP contribution in [0.15, 0.2) is 12.7 Å². The molecule has 3 aliphatic carbocycles. The molecule has 0 aromatic heterocycles. The maximum absolute atomic E-state index is 10.9. The molecule has 0 aromatic rings. The normalized spacial score (nSPS) is 47.3. The Labute approximate surface area is 84.3 Å². The standard InChI is InChI=1S/C12H16O2/c1-2-11(13)14-7-10-9-5-8-3-4-12(9,10)6-8/h2,8-10H,1,3-7H2. The Morgan fingerprint density at radius 3 is 3.07 bits per heavy atom. The van der Waals surface area contributed by atoms with E-state index < -0.39 is 0 Å². The van der Waals surface area contributed by atoms with Gasteiger partial charge in [-0.05, 0) is 42.9 Å². The van der Waals surface area contributed by atoms with Gasteiger partial charge in [0.2, 0.25) is 0 Å². The molecule has 2 bridgehead atoms. The van der Waals surface area contributed by atoms with Crippen LogP contribution >= 0.6 is 0 Å². The molecule has 3 aliphatic rings. The summed E-state index contributed by atoms with van der Waals surface area (Å²) < 4.78 is 5.14. The molecule has 1 spiro atoms. The first kappa shape index (κ1) is 8.51. The third-order valence-corrected chi connectivity index (χ3v) is 4.70. The summed E-state index contributed by atoms with van der Waals surface area (Å²) in [5.74, 6) is 2.32. The van der Waals surface area contributed by atoms with Gasteiger partial charge >= 0.3 is 5.97 Å². The zero-order valence-electron chi connectivity index (χ0n) is 8.37. The molecule has 0 radical (unpaired) electrons. The third-order valence-electron chi connectivity index (χ3n) is 4.70. The maximum Gasteiger partial charge on any atom is 0.330 e. The zero-order chi connectivity index (χ0) is 9.76. The summed E-state index contributed by atoms with van der Waals surface area (Å²) in [6.07, 6.45) is 6.87. The summed E-state index contributed by atoms with van der Waals surface area (Å²) in [6, 6.07) is 0. The molecule has 3 fully saturated rings. The minimum atomic E-state index is -0.263. The summed E-state index contributed by atoms with van der Waals surface area (Å²) in [7, 11) is 0. The molecule has 0 N–H and O–H groups in total. The van der Waals surface area contributed by atoms with Gasteiger partial charge in [0.05, 0.1) is 6.61 Å². The molecular formula is C12H16O2. The van der Waals surface area contributed by atoms with E-state index in [0.717, 1.165) is 11.8 Å². The predicted molar refractivity (Wildman–Crippen MR) is 52.5 cm³/mol. The fourth-order valence-electron chi connectivity index (χ4n) is 4.03. The number of ether oxygens (including phenoxy) is 1. The number of carbonyl (C=O) groups excluding carboxylic acids is 1. The fourth-order valence-corrected chi connectivity index (χ4v) is 4.03. The van der Waals surface area contributed by atoms with Gasteiger partial charge in [-0.25, -0.2) is 4.79 Å². The van der Waals surface area contributed by atoms with Crippen LogP contribution in [0, 0.1) is 23.2 Å². The van der Waals surface area contributed by atoms with Crippen molar-refractivity contribution in [2.75, 3.05) is 6.61 Å². The number of hydrogen-bond donors (Lipinski definition) is 0. The van der Waals surface area contributed by atoms with Crippen molar-refractivity contribution in [2.24, 2.45) is 23.2 Å². The van der Waals surface area contributed by atoms with Gasteiger partial charge in [0.1, 0.15) is 0 Å². The quantitative estimate of drug-likeness (QED) is 0.506. The molecule has 76 valence electrons. The van der Waals surface area contributed by atoms with E-state index in [1.54, 1.807) is 0 Å². The van der Waals surface area contributed by atoms with Gasteiger partial charge in [0.15, 0.2) is 0 Å². The van der Waals surface area contributed by atoms with Crippen LogP contribution in [-0.2, 0) is 9.53 Å². The van der Waals surface area contributed by atoms with Gasteiger partial charge < -0.3 is 4.74 Å². The summed E-state index contributed by atoms with van der Waals surface area (Å²) in [5, 5.41) is 0. The SMILES string of the molecule is C=CC(=O)OCC1C2CC3CCC12C3. The van der Waals surface area contributed by atoms with Gasteiger partial charge in [-0.3, -0.25) is 0 Å². The van der Waals surface area contributed by atoms with E-state index >= 15 is 0 Å². The molecule has 0 aliphatic heterocycles. The Bertz CT molecular complexity index is 297. The lowest BCUT2D eigenvalue weighted by molar-refractivity contribution is -0.138. The predicted octanol–water partition coefficient (Wildman–Crippen LogP) is 2.15. The van der Waals surface area contributed by atoms with E-state index in [1.165, 1.54) is 31.8 Å². The van der Waals surface area contributed by atoms with Gasteiger partial charge in [-0.1, -0.05) is 6.58 Å². The molecular weight excluding hydrogens is 176 g/mol. The lowest BCUT2D eigenvalue weighted by Crippen LogP contribution is -2.08. The largest absolute Gasteiger partial charge is 0.462 e. The summed E-state index contributed by atoms with van der Waals surface area (Å²) in [5.41, 5.74) is 0.617. The van der Waals surface area contributed by atoms with Gasteiger partial charge in [0.25, 0.3) is 0 Å². The lowest BCUT2D eigenvalue weighted by Gasteiger charge is -2.07. The molecule has 0 amide bonds. The van der Waals surface area contributed by atoms with Crippen molar-refractivity contribution in [3.63, 3.8) is 0 Å². The van der Waals surface area contributed by atoms with Crippen molar-refractivity contribution < 1.29 is 9.53 Å². The van der Waals surface area contributed by atoms with E-state index in [9.17, 15) is 4.79 Å². The van der Waals surface area contributed by atoms with Gasteiger partial charge in [-0.15, -0.1) is 0 Å². The number of fused-ring (bicyclic) bond motifs is 1. The lowest BCUT2D eigenvalue weighted by atomic mass is 10.0. The molecule has 2 nitrogen and oxygen atoms in total. The zero-order valence-corrected chi connectivity index (χ0v) is 8.37. The van der Waals surface area contributed by atoms with Crippen LogP contribution in [0.5, 0.6) is 0 Å². The van der Waals surface area contributed by atoms with Crippen LogP contribution in [0.2, 0.25) is 0 Å². The van der Waals surface area contributed by atoms with E-state index in [2.05, 4.69) is 6.58 Å². The number of esters is 1. The summed E-state index contributed by atoms with van der Waals surface area (Å²) in [4.78, 5) is 10.9. The Morgan fingerprint density at radius 1 is 1.64 bits per heavy atom. The highest BCUT2D eigenvalue weighted by Gasteiger charge is 2.71. The summed E-state index contributed by atoms with van der Waals surface area (Å²) in [6.45, 7) is 4.04. The second kappa shape index (κ2) is 2.62. The van der Waals surface area contributed by atoms with E-state index in [4.69, 9.17) is 4.74 Å². The first-order valence-electron chi connectivity index (χ1n) is 5.55. The maximum atomic E-state index is 10.9. The fraction of sp³-hybridized carbons (Fsp3) is 0.750. The van der Waals surface area contributed by atoms with E-state index in [0.29, 0.717) is 17.9 Å². The van der Waals surface area contributed by atoms with Crippen LogP contribution in [0.25, 0.3) is 0 Å². The molecule has 0 saturated heterocycles. The van der Waals surface area contributed by atoms with E-state index in [-0.39, 0.29) is 5.97 Å². The molecule has 2 heteroatoms. The number of rotatable bonds is 3. The van der Waals surface area contributed by atoms with Crippen molar-refractivity contribution in [2.45, 2.75) is 25.7 Å². The molecule has 3 rings (SSSR count). The first-order valence-corrected chi connectivity index (χ1v) is 5.55. The molecule has 14 heavy (non-hydrogen) atoms. The molecule has 0 aromatic carbocycles. The van der Waals surface area contributed by atoms with Crippen LogP contribution in [0.4, 0.5) is 0 Å². The topological polar surface area (TPSA) is 26.3 Å². The van der Waals surface area contributed by atoms with Gasteiger partial charge in [0, 0.05) is 12.0 Å². The molecule has 3 saturated carbocycles. The van der Waals surface area contributed by atoms with Crippen molar-refractivity contribution in [3.8, 4) is 0 Å². The van der Waals surface area contributed by atoms with Crippen LogP contribution in [0.3, 0.4) is 0 Å². The minimum absolute atomic E-state index is 0.263. The number of hydrogen-bond acceptors (Lipinski definition) is 2. The Kier molecular flexibility index (Phi) is 1.59. The molecule has 0 heterocycles.